The molecule has 1 aliphatic rings. The summed E-state index contributed by atoms with van der Waals surface area (Å²) in [7, 11) is -3.60. The Morgan fingerprint density at radius 3 is 2.47 bits per heavy atom. The monoisotopic (exact) mass is 489 g/mol. The molecule has 34 heavy (non-hydrogen) atoms. The van der Waals surface area contributed by atoms with Gasteiger partial charge in [-0.05, 0) is 31.5 Å². The van der Waals surface area contributed by atoms with Gasteiger partial charge in [0.2, 0.25) is 0 Å². The average Bonchev–Trinajstić information content (AvgIpc) is 3.32. The molecule has 0 spiro atoms. The molecule has 4 rings (SSSR count). The van der Waals surface area contributed by atoms with Crippen molar-refractivity contribution in [2.45, 2.75) is 20.5 Å². The molecule has 1 fully saturated rings. The van der Waals surface area contributed by atoms with Crippen LogP contribution in [0.2, 0.25) is 0 Å². The Labute approximate surface area is 197 Å². The summed E-state index contributed by atoms with van der Waals surface area (Å²) >= 11 is 0. The number of amides is 1. The maximum atomic E-state index is 12.9. The third-order valence-corrected chi connectivity index (χ3v) is 6.69. The van der Waals surface area contributed by atoms with Crippen molar-refractivity contribution in [3.63, 3.8) is 0 Å². The van der Waals surface area contributed by atoms with Crippen molar-refractivity contribution in [1.82, 2.24) is 14.6 Å². The molecule has 0 saturated carbocycles. The molecule has 1 N–H and O–H groups in total. The number of nitrogens with one attached hydrogen (secondary N) is 1. The fraction of sp³-hybridized carbons (Fsp3) is 0.409. The Balaban J connectivity index is 1.44. The molecular formula is C22H28N5O6P. The first-order chi connectivity index (χ1) is 16.5. The standard InChI is InChI=1S/C22H28N5O6P/c1-3-31-34(29,32-4-2)33-16-17-5-7-18(8-6-17)22(28)25-19-15-21(26-11-13-30-14-12-26)27-20(24-19)9-10-23-27/h5-10,15H,3-4,11-14,16H2,1-2H3,(H,24,25,28). The molecule has 2 aromatic heterocycles. The molecule has 182 valence electrons. The summed E-state index contributed by atoms with van der Waals surface area (Å²) in [6.45, 7) is 6.61. The molecule has 1 amide bonds. The number of carbonyl (C=O) groups excluding carboxylic acids is 1. The van der Waals surface area contributed by atoms with Crippen molar-refractivity contribution in [2.24, 2.45) is 0 Å². The molecule has 0 radical (unpaired) electrons. The van der Waals surface area contributed by atoms with Crippen LogP contribution in [0.15, 0.2) is 42.6 Å². The highest BCUT2D eigenvalue weighted by atomic mass is 31.2. The van der Waals surface area contributed by atoms with Gasteiger partial charge in [0.1, 0.15) is 11.6 Å². The highest BCUT2D eigenvalue weighted by Crippen LogP contribution is 2.49. The highest BCUT2D eigenvalue weighted by Gasteiger charge is 2.25. The summed E-state index contributed by atoms with van der Waals surface area (Å²) in [6, 6.07) is 10.4. The van der Waals surface area contributed by atoms with Gasteiger partial charge in [0.05, 0.1) is 39.2 Å². The van der Waals surface area contributed by atoms with E-state index in [0.29, 0.717) is 30.2 Å². The smallest absolute Gasteiger partial charge is 0.378 e. The fourth-order valence-corrected chi connectivity index (χ4v) is 4.66. The van der Waals surface area contributed by atoms with Gasteiger partial charge in [0, 0.05) is 30.8 Å². The van der Waals surface area contributed by atoms with E-state index in [4.69, 9.17) is 18.3 Å². The van der Waals surface area contributed by atoms with E-state index in [1.165, 1.54) is 0 Å². The maximum absolute atomic E-state index is 12.9. The Hall–Kier alpha value is -2.82. The van der Waals surface area contributed by atoms with E-state index in [1.807, 2.05) is 6.07 Å². The number of ether oxygens (including phenoxy) is 1. The third-order valence-electron chi connectivity index (χ3n) is 5.10. The summed E-state index contributed by atoms with van der Waals surface area (Å²) in [5, 5.41) is 7.21. The summed E-state index contributed by atoms with van der Waals surface area (Å²) in [6.07, 6.45) is 1.68. The molecule has 0 unspecified atom stereocenters. The SMILES string of the molecule is CCOP(=O)(OCC)OCc1ccc(C(=O)Nc2cc(N3CCOCC3)n3nccc3n2)cc1. The number of phosphoric acid groups is 1. The molecule has 0 aliphatic carbocycles. The van der Waals surface area contributed by atoms with E-state index in [2.05, 4.69) is 20.3 Å². The lowest BCUT2D eigenvalue weighted by Crippen LogP contribution is -2.37. The van der Waals surface area contributed by atoms with Crippen LogP contribution in [0, 0.1) is 0 Å². The van der Waals surface area contributed by atoms with Crippen LogP contribution in [0.3, 0.4) is 0 Å². The van der Waals surface area contributed by atoms with Crippen LogP contribution in [-0.2, 0) is 29.5 Å². The third kappa shape index (κ3) is 5.81. The van der Waals surface area contributed by atoms with E-state index in [9.17, 15) is 9.36 Å². The second-order valence-electron chi connectivity index (χ2n) is 7.41. The minimum Gasteiger partial charge on any atom is -0.378 e. The highest BCUT2D eigenvalue weighted by molar-refractivity contribution is 7.48. The lowest BCUT2D eigenvalue weighted by molar-refractivity contribution is 0.102. The summed E-state index contributed by atoms with van der Waals surface area (Å²) in [4.78, 5) is 19.5. The van der Waals surface area contributed by atoms with Gasteiger partial charge in [0.25, 0.3) is 5.91 Å². The van der Waals surface area contributed by atoms with Crippen molar-refractivity contribution in [1.29, 1.82) is 0 Å². The van der Waals surface area contributed by atoms with Crippen molar-refractivity contribution in [3.05, 3.63) is 53.7 Å². The van der Waals surface area contributed by atoms with Crippen molar-refractivity contribution in [3.8, 4) is 0 Å². The van der Waals surface area contributed by atoms with Gasteiger partial charge < -0.3 is 15.0 Å². The number of rotatable bonds is 10. The molecule has 1 aliphatic heterocycles. The van der Waals surface area contributed by atoms with Gasteiger partial charge in [0.15, 0.2) is 5.65 Å². The number of carbonyl (C=O) groups is 1. The lowest BCUT2D eigenvalue weighted by Gasteiger charge is -2.29. The Morgan fingerprint density at radius 2 is 1.79 bits per heavy atom. The van der Waals surface area contributed by atoms with Crippen molar-refractivity contribution >= 4 is 31.0 Å². The zero-order chi connectivity index (χ0) is 24.0. The Kier molecular flexibility index (Phi) is 7.91. The normalized spacial score (nSPS) is 14.5. The number of benzene rings is 1. The van der Waals surface area contributed by atoms with Crippen LogP contribution < -0.4 is 10.2 Å². The summed E-state index contributed by atoms with van der Waals surface area (Å²) in [5.41, 5.74) is 1.81. The predicted octanol–water partition coefficient (Wildman–Crippen LogP) is 3.52. The number of nitrogens with zero attached hydrogens (tertiary/aromatic N) is 4. The summed E-state index contributed by atoms with van der Waals surface area (Å²) in [5.74, 6) is 0.974. The molecule has 0 atom stereocenters. The van der Waals surface area contributed by atoms with Gasteiger partial charge in [-0.25, -0.2) is 9.55 Å². The second kappa shape index (κ2) is 11.1. The van der Waals surface area contributed by atoms with Gasteiger partial charge in [-0.1, -0.05) is 12.1 Å². The van der Waals surface area contributed by atoms with Crippen molar-refractivity contribution < 1.29 is 27.7 Å². The number of hydrogen-bond acceptors (Lipinski definition) is 9. The number of morpholine rings is 1. The van der Waals surface area contributed by atoms with Crippen LogP contribution in [0.5, 0.6) is 0 Å². The molecule has 3 heterocycles. The van der Waals surface area contributed by atoms with Crippen LogP contribution in [0.4, 0.5) is 11.6 Å². The van der Waals surface area contributed by atoms with Crippen LogP contribution >= 0.6 is 7.82 Å². The topological polar surface area (TPSA) is 117 Å². The Bertz CT molecular complexity index is 1150. The Morgan fingerprint density at radius 1 is 1.09 bits per heavy atom. The number of anilines is 2. The van der Waals surface area contributed by atoms with Gasteiger partial charge in [-0.2, -0.15) is 9.61 Å². The van der Waals surface area contributed by atoms with E-state index < -0.39 is 7.82 Å². The van der Waals surface area contributed by atoms with Crippen LogP contribution in [-0.4, -0.2) is 60.0 Å². The largest absolute Gasteiger partial charge is 0.475 e. The first-order valence-corrected chi connectivity index (χ1v) is 12.6. The van der Waals surface area contributed by atoms with Gasteiger partial charge in [-0.15, -0.1) is 0 Å². The maximum Gasteiger partial charge on any atom is 0.475 e. The zero-order valence-corrected chi connectivity index (χ0v) is 20.1. The molecule has 1 saturated heterocycles. The first-order valence-electron chi connectivity index (χ1n) is 11.1. The molecule has 3 aromatic rings. The summed E-state index contributed by atoms with van der Waals surface area (Å²) < 4.78 is 35.2. The zero-order valence-electron chi connectivity index (χ0n) is 19.2. The van der Waals surface area contributed by atoms with Gasteiger partial charge in [-0.3, -0.25) is 18.4 Å². The minimum absolute atomic E-state index is 0.0293. The fourth-order valence-electron chi connectivity index (χ4n) is 3.50. The number of aromatic nitrogens is 3. The van der Waals surface area contributed by atoms with E-state index in [0.717, 1.165) is 24.5 Å². The van der Waals surface area contributed by atoms with Crippen LogP contribution in [0.25, 0.3) is 5.65 Å². The van der Waals surface area contributed by atoms with Gasteiger partial charge >= 0.3 is 7.82 Å². The second-order valence-corrected chi connectivity index (χ2v) is 9.08. The van der Waals surface area contributed by atoms with E-state index in [-0.39, 0.29) is 25.7 Å². The molecule has 0 bridgehead atoms. The number of hydrogen-bond donors (Lipinski definition) is 1. The van der Waals surface area contributed by atoms with Crippen molar-refractivity contribution in [2.75, 3.05) is 49.7 Å². The predicted molar refractivity (Wildman–Crippen MR) is 126 cm³/mol. The molecule has 11 nitrogen and oxygen atoms in total. The number of fused-ring (bicyclic) bond motifs is 1. The first kappa shape index (κ1) is 24.3. The molecule has 12 heteroatoms. The quantitative estimate of drug-likeness (QED) is 0.427. The minimum atomic E-state index is -3.60. The number of phosphoric ester groups is 1. The molecular weight excluding hydrogens is 461 g/mol. The average molecular weight is 489 g/mol. The van der Waals surface area contributed by atoms with E-state index >= 15 is 0 Å². The lowest BCUT2D eigenvalue weighted by atomic mass is 10.1. The molecule has 1 aromatic carbocycles. The van der Waals surface area contributed by atoms with E-state index in [1.54, 1.807) is 54.9 Å². The van der Waals surface area contributed by atoms with Crippen LogP contribution in [0.1, 0.15) is 29.8 Å².